The van der Waals surface area contributed by atoms with E-state index in [-0.39, 0.29) is 23.7 Å². The van der Waals surface area contributed by atoms with E-state index in [1.54, 1.807) is 6.07 Å². The molecule has 0 aromatic carbocycles. The normalized spacial score (nSPS) is 50.4. The smallest absolute Gasteiger partial charge is 0.335 e. The number of esters is 1. The monoisotopic (exact) mass is 912 g/mol. The molecule has 0 radical (unpaired) electrons. The van der Waals surface area contributed by atoms with E-state index in [9.17, 15) is 60.7 Å². The van der Waals surface area contributed by atoms with Crippen LogP contribution in [0, 0.1) is 22.7 Å². The number of aliphatic hydroxyl groups is 10. The third-order valence-corrected chi connectivity index (χ3v) is 16.0. The molecule has 3 aliphatic heterocycles. The third kappa shape index (κ3) is 8.11. The van der Waals surface area contributed by atoms with Crippen molar-refractivity contribution >= 4 is 5.97 Å². The largest absolute Gasteiger partial charge is 0.462 e. The van der Waals surface area contributed by atoms with Gasteiger partial charge in [0.25, 0.3) is 0 Å². The van der Waals surface area contributed by atoms with Gasteiger partial charge in [-0.2, -0.15) is 0 Å². The van der Waals surface area contributed by atoms with Crippen molar-refractivity contribution in [3.05, 3.63) is 46.0 Å². The Labute approximate surface area is 369 Å². The molecule has 7 aliphatic rings. The van der Waals surface area contributed by atoms with Gasteiger partial charge in [-0.15, -0.1) is 0 Å². The number of aliphatic hydroxyl groups excluding tert-OH is 9. The van der Waals surface area contributed by atoms with Gasteiger partial charge in [-0.3, -0.25) is 4.79 Å². The highest BCUT2D eigenvalue weighted by atomic mass is 16.8. The van der Waals surface area contributed by atoms with Crippen LogP contribution >= 0.6 is 0 Å². The zero-order valence-electron chi connectivity index (χ0n) is 36.3. The number of hydrogen-bond acceptors (Lipinski definition) is 20. The van der Waals surface area contributed by atoms with Crippen LogP contribution in [0.25, 0.3) is 0 Å². The van der Waals surface area contributed by atoms with Crippen LogP contribution in [0.1, 0.15) is 84.1 Å². The summed E-state index contributed by atoms with van der Waals surface area (Å²) in [6, 6.07) is 3.03. The molecule has 0 bridgehead atoms. The number of hydrogen-bond donors (Lipinski definition) is 10. The van der Waals surface area contributed by atoms with E-state index < -0.39 is 146 Å². The zero-order chi connectivity index (χ0) is 46.2. The second kappa shape index (κ2) is 18.2. The molecule has 0 spiro atoms. The van der Waals surface area contributed by atoms with Crippen molar-refractivity contribution in [2.24, 2.45) is 22.7 Å². The molecular formula is C44H64O20. The SMILES string of the molecule is CC(=O)OC1CC2(O)C3CCC4=CC(OC5OC(CO)C(OC6OC(CO)C(OC7OC(C)C(O)C(O)C7O)C(O)C6O)C(O)C5O)CCC4(C)C3CCC2(C)C1c1ccc(=O)oc1. The van der Waals surface area contributed by atoms with E-state index in [4.69, 9.17) is 37.6 Å². The van der Waals surface area contributed by atoms with Crippen LogP contribution in [-0.4, -0.2) is 180 Å². The van der Waals surface area contributed by atoms with E-state index in [2.05, 4.69) is 6.92 Å². The minimum atomic E-state index is -1.91. The van der Waals surface area contributed by atoms with E-state index in [0.717, 1.165) is 12.0 Å². The number of rotatable bonds is 10. The van der Waals surface area contributed by atoms with Crippen LogP contribution in [0.5, 0.6) is 0 Å². The van der Waals surface area contributed by atoms with Crippen molar-refractivity contribution in [2.45, 2.75) is 188 Å². The highest BCUT2D eigenvalue weighted by molar-refractivity contribution is 5.66. The molecule has 23 atom stereocenters. The van der Waals surface area contributed by atoms with Gasteiger partial charge in [0.05, 0.1) is 37.3 Å². The zero-order valence-corrected chi connectivity index (χ0v) is 36.3. The lowest BCUT2D eigenvalue weighted by atomic mass is 9.45. The van der Waals surface area contributed by atoms with Crippen molar-refractivity contribution in [1.82, 2.24) is 0 Å². The summed E-state index contributed by atoms with van der Waals surface area (Å²) in [4.78, 5) is 24.2. The Balaban J connectivity index is 0.923. The molecule has 4 heterocycles. The van der Waals surface area contributed by atoms with Crippen LogP contribution in [0.2, 0.25) is 0 Å². The lowest BCUT2D eigenvalue weighted by molar-refractivity contribution is -0.379. The fourth-order valence-electron chi connectivity index (χ4n) is 12.5. The first-order valence-corrected chi connectivity index (χ1v) is 22.4. The van der Waals surface area contributed by atoms with Gasteiger partial charge < -0.3 is 88.6 Å². The summed E-state index contributed by atoms with van der Waals surface area (Å²) >= 11 is 0. The molecule has 64 heavy (non-hydrogen) atoms. The van der Waals surface area contributed by atoms with Crippen molar-refractivity contribution in [2.75, 3.05) is 13.2 Å². The Morgan fingerprint density at radius 1 is 0.750 bits per heavy atom. The second-order valence-electron chi connectivity index (χ2n) is 19.5. The molecular weight excluding hydrogens is 848 g/mol. The molecule has 1 aromatic heterocycles. The Bertz CT molecular complexity index is 1890. The summed E-state index contributed by atoms with van der Waals surface area (Å²) in [7, 11) is 0. The van der Waals surface area contributed by atoms with Gasteiger partial charge in [-0.05, 0) is 74.3 Å². The molecule has 3 saturated carbocycles. The van der Waals surface area contributed by atoms with Gasteiger partial charge in [0, 0.05) is 30.7 Å². The lowest BCUT2D eigenvalue weighted by Crippen LogP contribution is -2.66. The van der Waals surface area contributed by atoms with Crippen LogP contribution in [0.3, 0.4) is 0 Å². The van der Waals surface area contributed by atoms with Crippen LogP contribution in [0.4, 0.5) is 0 Å². The van der Waals surface area contributed by atoms with Gasteiger partial charge in [-0.1, -0.05) is 25.5 Å². The molecule has 3 saturated heterocycles. The quantitative estimate of drug-likeness (QED) is 0.0915. The topological polar surface area (TPSA) is 314 Å². The molecule has 23 unspecified atom stereocenters. The molecule has 0 amide bonds. The molecule has 20 nitrogen and oxygen atoms in total. The van der Waals surface area contributed by atoms with Gasteiger partial charge in [0.15, 0.2) is 18.9 Å². The molecule has 8 rings (SSSR count). The predicted octanol–water partition coefficient (Wildman–Crippen LogP) is -1.80. The van der Waals surface area contributed by atoms with Crippen LogP contribution in [-0.2, 0) is 38.0 Å². The average molecular weight is 913 g/mol. The van der Waals surface area contributed by atoms with E-state index in [0.29, 0.717) is 37.7 Å². The number of fused-ring (bicyclic) bond motifs is 5. The maximum atomic E-state index is 12.9. The fraction of sp³-hybridized carbons (Fsp3) is 0.818. The highest BCUT2D eigenvalue weighted by Gasteiger charge is 2.70. The second-order valence-corrected chi connectivity index (χ2v) is 19.5. The molecule has 10 N–H and O–H groups in total. The average Bonchev–Trinajstić information content (AvgIpc) is 3.49. The first kappa shape index (κ1) is 48.0. The highest BCUT2D eigenvalue weighted by Crippen LogP contribution is 2.70. The van der Waals surface area contributed by atoms with E-state index >= 15 is 0 Å². The molecule has 6 fully saturated rings. The van der Waals surface area contributed by atoms with Crippen LogP contribution < -0.4 is 5.63 Å². The van der Waals surface area contributed by atoms with Crippen molar-refractivity contribution in [3.63, 3.8) is 0 Å². The number of carbonyl (C=O) groups excluding carboxylic acids is 1. The summed E-state index contributed by atoms with van der Waals surface area (Å²) in [5.74, 6) is -0.898. The van der Waals surface area contributed by atoms with Gasteiger partial charge in [-0.25, -0.2) is 4.79 Å². The summed E-state index contributed by atoms with van der Waals surface area (Å²) in [5.41, 5.74) is -0.865. The standard InChI is InChI=1S/C44H64O20/c1-18-30(49)31(50)34(53)39(58-18)63-37-27(16-46)62-41(36(55)33(37)52)64-38-26(15-45)61-40(35(54)32(38)51)60-22-9-11-42(3)21(13-22)6-7-24-23(42)10-12-43(4)29(20-5-8-28(48)57-17-20)25(59-19(2)47)14-44(24,43)56/h5,8,13,17-18,22-27,29-41,45-46,49-56H,6-7,9-12,14-16H2,1-4H3. The van der Waals surface area contributed by atoms with Crippen molar-refractivity contribution in [1.29, 1.82) is 0 Å². The summed E-state index contributed by atoms with van der Waals surface area (Å²) in [6.07, 6.45) is -17.3. The third-order valence-electron chi connectivity index (χ3n) is 16.0. The Morgan fingerprint density at radius 2 is 1.34 bits per heavy atom. The first-order chi connectivity index (χ1) is 30.3. The van der Waals surface area contributed by atoms with Gasteiger partial charge in [0.1, 0.15) is 73.2 Å². The van der Waals surface area contributed by atoms with E-state index in [1.165, 1.54) is 26.2 Å². The number of carbonyl (C=O) groups is 1. The van der Waals surface area contributed by atoms with Crippen LogP contribution in [0.15, 0.2) is 39.3 Å². The molecule has 360 valence electrons. The first-order valence-electron chi connectivity index (χ1n) is 22.4. The maximum absolute atomic E-state index is 12.9. The van der Waals surface area contributed by atoms with E-state index in [1.807, 2.05) is 13.0 Å². The minimum absolute atomic E-state index is 0.0768. The molecule has 20 heteroatoms. The van der Waals surface area contributed by atoms with Crippen molar-refractivity contribution in [3.8, 4) is 0 Å². The fourth-order valence-corrected chi connectivity index (χ4v) is 12.5. The summed E-state index contributed by atoms with van der Waals surface area (Å²) in [5, 5.41) is 109. The Hall–Kier alpha value is -2.48. The Kier molecular flexibility index (Phi) is 13.7. The molecule has 4 aliphatic carbocycles. The number of ether oxygens (including phenoxy) is 7. The molecule has 1 aromatic rings. The van der Waals surface area contributed by atoms with Gasteiger partial charge in [0.2, 0.25) is 0 Å². The van der Waals surface area contributed by atoms with Crippen molar-refractivity contribution < 1.29 is 93.4 Å². The summed E-state index contributed by atoms with van der Waals surface area (Å²) in [6.45, 7) is 5.49. The minimum Gasteiger partial charge on any atom is -0.462 e. The number of allylic oxidation sites excluding steroid dienone is 1. The lowest BCUT2D eigenvalue weighted by Gasteiger charge is -2.61. The summed E-state index contributed by atoms with van der Waals surface area (Å²) < 4.78 is 46.0. The maximum Gasteiger partial charge on any atom is 0.335 e. The van der Waals surface area contributed by atoms with Gasteiger partial charge >= 0.3 is 11.6 Å². The Morgan fingerprint density at radius 3 is 1.92 bits per heavy atom. The predicted molar refractivity (Wildman–Crippen MR) is 214 cm³/mol.